The highest BCUT2D eigenvalue weighted by molar-refractivity contribution is 7.18. The van der Waals surface area contributed by atoms with E-state index in [1.807, 2.05) is 18.3 Å². The number of aryl methyl sites for hydroxylation is 1. The van der Waals surface area contributed by atoms with E-state index in [-0.39, 0.29) is 0 Å². The van der Waals surface area contributed by atoms with E-state index in [0.29, 0.717) is 6.04 Å². The molecule has 3 rings (SSSR count). The minimum Gasteiger partial charge on any atom is -0.314 e. The number of pyridine rings is 1. The lowest BCUT2D eigenvalue weighted by atomic mass is 10.0. The second kappa shape index (κ2) is 5.10. The van der Waals surface area contributed by atoms with Crippen LogP contribution in [-0.4, -0.2) is 22.6 Å². The molecule has 2 aromatic heterocycles. The number of aromatic nitrogens is 2. The van der Waals surface area contributed by atoms with Gasteiger partial charge in [0.1, 0.15) is 10.3 Å². The number of thiazole rings is 1. The number of nitrogens with one attached hydrogen (secondary N) is 1. The van der Waals surface area contributed by atoms with Crippen molar-refractivity contribution in [2.75, 3.05) is 6.54 Å². The van der Waals surface area contributed by atoms with Crippen LogP contribution in [0.1, 0.15) is 30.7 Å². The first-order chi connectivity index (χ1) is 8.42. The summed E-state index contributed by atoms with van der Waals surface area (Å²) >= 11 is 1.74. The Morgan fingerprint density at radius 1 is 1.41 bits per heavy atom. The molecule has 0 bridgehead atoms. The van der Waals surface area contributed by atoms with Gasteiger partial charge in [0.05, 0.1) is 5.01 Å². The summed E-state index contributed by atoms with van der Waals surface area (Å²) in [5.74, 6) is 0. The predicted molar refractivity (Wildman–Crippen MR) is 71.4 cm³/mol. The van der Waals surface area contributed by atoms with Gasteiger partial charge in [0.15, 0.2) is 0 Å². The number of hydrogen-bond donors (Lipinski definition) is 1. The van der Waals surface area contributed by atoms with Gasteiger partial charge in [-0.3, -0.25) is 0 Å². The van der Waals surface area contributed by atoms with Gasteiger partial charge in [0, 0.05) is 18.7 Å². The summed E-state index contributed by atoms with van der Waals surface area (Å²) in [6.45, 7) is 1.19. The molecule has 3 heterocycles. The molecule has 0 aliphatic carbocycles. The lowest BCUT2D eigenvalue weighted by molar-refractivity contribution is 0.383. The molecule has 0 radical (unpaired) electrons. The maximum atomic E-state index is 4.63. The highest BCUT2D eigenvalue weighted by atomic mass is 32.1. The first-order valence-electron chi connectivity index (χ1n) is 6.35. The summed E-state index contributed by atoms with van der Waals surface area (Å²) in [5, 5.41) is 4.81. The monoisotopic (exact) mass is 247 g/mol. The lowest BCUT2D eigenvalue weighted by Gasteiger charge is -2.22. The minimum absolute atomic E-state index is 0.698. The summed E-state index contributed by atoms with van der Waals surface area (Å²) < 4.78 is 0. The smallest absolute Gasteiger partial charge is 0.143 e. The van der Waals surface area contributed by atoms with E-state index in [9.17, 15) is 0 Å². The molecule has 1 aliphatic rings. The molecular formula is C13H17N3S. The zero-order valence-electron chi connectivity index (χ0n) is 9.85. The molecule has 0 amide bonds. The Morgan fingerprint density at radius 2 is 2.41 bits per heavy atom. The number of fused-ring (bicyclic) bond motifs is 1. The van der Waals surface area contributed by atoms with E-state index in [4.69, 9.17) is 0 Å². The van der Waals surface area contributed by atoms with E-state index < -0.39 is 0 Å². The molecule has 0 spiro atoms. The highest BCUT2D eigenvalue weighted by Gasteiger charge is 2.13. The van der Waals surface area contributed by atoms with Crippen LogP contribution < -0.4 is 5.32 Å². The molecule has 0 aromatic carbocycles. The summed E-state index contributed by atoms with van der Waals surface area (Å²) in [6, 6.07) is 4.69. The SMILES string of the molecule is c1cnc2sc(CCC3CCCCN3)nc2c1. The van der Waals surface area contributed by atoms with Crippen LogP contribution >= 0.6 is 11.3 Å². The Morgan fingerprint density at radius 3 is 3.24 bits per heavy atom. The molecule has 1 aliphatic heterocycles. The second-order valence-corrected chi connectivity index (χ2v) is 5.68. The van der Waals surface area contributed by atoms with Gasteiger partial charge in [-0.1, -0.05) is 17.8 Å². The van der Waals surface area contributed by atoms with Crippen LogP contribution in [0.25, 0.3) is 10.3 Å². The van der Waals surface area contributed by atoms with Gasteiger partial charge in [-0.2, -0.15) is 0 Å². The zero-order valence-corrected chi connectivity index (χ0v) is 10.7. The van der Waals surface area contributed by atoms with Crippen molar-refractivity contribution in [2.45, 2.75) is 38.1 Å². The molecule has 90 valence electrons. The van der Waals surface area contributed by atoms with Crippen LogP contribution in [0.4, 0.5) is 0 Å². The van der Waals surface area contributed by atoms with Crippen molar-refractivity contribution in [1.29, 1.82) is 0 Å². The summed E-state index contributed by atoms with van der Waals surface area (Å²) in [5.41, 5.74) is 1.05. The molecule has 1 N–H and O–H groups in total. The van der Waals surface area contributed by atoms with E-state index in [1.165, 1.54) is 37.2 Å². The summed E-state index contributed by atoms with van der Waals surface area (Å²) in [6.07, 6.45) is 8.16. The number of piperidine rings is 1. The number of rotatable bonds is 3. The fourth-order valence-electron chi connectivity index (χ4n) is 2.39. The van der Waals surface area contributed by atoms with Gasteiger partial charge in [-0.05, 0) is 37.9 Å². The fraction of sp³-hybridized carbons (Fsp3) is 0.538. The quantitative estimate of drug-likeness (QED) is 0.906. The highest BCUT2D eigenvalue weighted by Crippen LogP contribution is 2.21. The van der Waals surface area contributed by atoms with Crippen molar-refractivity contribution in [3.05, 3.63) is 23.3 Å². The Balaban J connectivity index is 1.64. The third-order valence-corrected chi connectivity index (χ3v) is 4.37. The average Bonchev–Trinajstić information content (AvgIpc) is 2.80. The zero-order chi connectivity index (χ0) is 11.5. The Labute approximate surface area is 105 Å². The molecule has 3 nitrogen and oxygen atoms in total. The molecular weight excluding hydrogens is 230 g/mol. The van der Waals surface area contributed by atoms with Crippen molar-refractivity contribution >= 4 is 21.7 Å². The maximum absolute atomic E-state index is 4.63. The minimum atomic E-state index is 0.698. The lowest BCUT2D eigenvalue weighted by Crippen LogP contribution is -2.34. The van der Waals surface area contributed by atoms with E-state index in [0.717, 1.165) is 16.8 Å². The Hall–Kier alpha value is -1.00. The topological polar surface area (TPSA) is 37.8 Å². The summed E-state index contributed by atoms with van der Waals surface area (Å²) in [7, 11) is 0. The van der Waals surface area contributed by atoms with Gasteiger partial charge in [0.25, 0.3) is 0 Å². The van der Waals surface area contributed by atoms with Crippen molar-refractivity contribution in [3.63, 3.8) is 0 Å². The van der Waals surface area contributed by atoms with Crippen LogP contribution in [0.3, 0.4) is 0 Å². The second-order valence-electron chi connectivity index (χ2n) is 4.62. The van der Waals surface area contributed by atoms with E-state index in [2.05, 4.69) is 15.3 Å². The van der Waals surface area contributed by atoms with Gasteiger partial charge < -0.3 is 5.32 Å². The maximum Gasteiger partial charge on any atom is 0.143 e. The largest absolute Gasteiger partial charge is 0.314 e. The van der Waals surface area contributed by atoms with Crippen molar-refractivity contribution in [1.82, 2.24) is 15.3 Å². The first kappa shape index (κ1) is 11.1. The molecule has 1 unspecified atom stereocenters. The van der Waals surface area contributed by atoms with Crippen LogP contribution in [-0.2, 0) is 6.42 Å². The molecule has 4 heteroatoms. The Bertz CT molecular complexity index is 455. The van der Waals surface area contributed by atoms with Gasteiger partial charge in [-0.25, -0.2) is 9.97 Å². The van der Waals surface area contributed by atoms with Gasteiger partial charge in [-0.15, -0.1) is 0 Å². The first-order valence-corrected chi connectivity index (χ1v) is 7.17. The van der Waals surface area contributed by atoms with Crippen LogP contribution in [0.5, 0.6) is 0 Å². The fourth-order valence-corrected chi connectivity index (χ4v) is 3.31. The van der Waals surface area contributed by atoms with Crippen molar-refractivity contribution in [2.24, 2.45) is 0 Å². The van der Waals surface area contributed by atoms with Gasteiger partial charge in [0.2, 0.25) is 0 Å². The van der Waals surface area contributed by atoms with Crippen LogP contribution in [0.2, 0.25) is 0 Å². The van der Waals surface area contributed by atoms with Gasteiger partial charge >= 0.3 is 0 Å². The molecule has 1 saturated heterocycles. The van der Waals surface area contributed by atoms with Crippen molar-refractivity contribution in [3.8, 4) is 0 Å². The molecule has 2 aromatic rings. The van der Waals surface area contributed by atoms with Crippen LogP contribution in [0, 0.1) is 0 Å². The Kier molecular flexibility index (Phi) is 3.34. The third-order valence-electron chi connectivity index (χ3n) is 3.33. The van der Waals surface area contributed by atoms with E-state index >= 15 is 0 Å². The molecule has 1 fully saturated rings. The molecule has 0 saturated carbocycles. The number of nitrogens with zero attached hydrogens (tertiary/aromatic N) is 2. The molecule has 1 atom stereocenters. The predicted octanol–water partition coefficient (Wildman–Crippen LogP) is 2.77. The standard InChI is InChI=1S/C13H17N3S/c1-2-8-14-10(4-1)6-7-12-16-11-5-3-9-15-13(11)17-12/h3,5,9-10,14H,1-2,4,6-8H2. The molecule has 17 heavy (non-hydrogen) atoms. The normalized spacial score (nSPS) is 20.8. The van der Waals surface area contributed by atoms with Crippen molar-refractivity contribution < 1.29 is 0 Å². The number of hydrogen-bond acceptors (Lipinski definition) is 4. The summed E-state index contributed by atoms with van der Waals surface area (Å²) in [4.78, 5) is 10.0. The van der Waals surface area contributed by atoms with E-state index in [1.54, 1.807) is 11.3 Å². The third kappa shape index (κ3) is 2.64. The average molecular weight is 247 g/mol. The van der Waals surface area contributed by atoms with Crippen LogP contribution in [0.15, 0.2) is 18.3 Å².